The Kier molecular flexibility index (Phi) is 3.69. The molecule has 2 aromatic rings. The molecular weight excluding hydrogens is 305 g/mol. The maximum atomic E-state index is 13.1. The molecule has 0 fully saturated rings. The molecule has 4 heteroatoms. The van der Waals surface area contributed by atoms with E-state index < -0.39 is 0 Å². The van der Waals surface area contributed by atoms with Crippen molar-refractivity contribution in [3.63, 3.8) is 0 Å². The Morgan fingerprint density at radius 3 is 2.71 bits per heavy atom. The highest BCUT2D eigenvalue weighted by Gasteiger charge is 2.07. The Balaban J connectivity index is 2.38. The lowest BCUT2D eigenvalue weighted by molar-refractivity contribution is 0.626. The highest BCUT2D eigenvalue weighted by molar-refractivity contribution is 9.10. The first kappa shape index (κ1) is 12.4. The second kappa shape index (κ2) is 5.07. The van der Waals surface area contributed by atoms with Gasteiger partial charge in [-0.25, -0.2) is 4.39 Å². The summed E-state index contributed by atoms with van der Waals surface area (Å²) in [6.07, 6.45) is 0.516. The van der Waals surface area contributed by atoms with E-state index in [1.54, 1.807) is 6.07 Å². The molecule has 0 unspecified atom stereocenters. The Morgan fingerprint density at radius 2 is 1.94 bits per heavy atom. The minimum atomic E-state index is -0.294. The second-order valence-corrected chi connectivity index (χ2v) is 4.99. The number of hydrogen-bond acceptors (Lipinski definition) is 1. The molecule has 0 aliphatic carbocycles. The van der Waals surface area contributed by atoms with Gasteiger partial charge >= 0.3 is 0 Å². The molecule has 2 aromatic carbocycles. The summed E-state index contributed by atoms with van der Waals surface area (Å²) in [5.74, 6) is -0.294. The quantitative estimate of drug-likeness (QED) is 0.816. The molecule has 88 valence electrons. The molecule has 0 radical (unpaired) electrons. The fraction of sp³-hybridized carbons (Fsp3) is 0.0769. The molecule has 0 aliphatic heterocycles. The van der Waals surface area contributed by atoms with E-state index in [4.69, 9.17) is 17.3 Å². The van der Waals surface area contributed by atoms with E-state index in [2.05, 4.69) is 15.9 Å². The molecular formula is C13H10BrClFN. The van der Waals surface area contributed by atoms with Gasteiger partial charge in [0.1, 0.15) is 5.82 Å². The van der Waals surface area contributed by atoms with Crippen LogP contribution < -0.4 is 5.73 Å². The van der Waals surface area contributed by atoms with Gasteiger partial charge < -0.3 is 5.73 Å². The fourth-order valence-corrected chi connectivity index (χ4v) is 2.21. The molecule has 0 saturated heterocycles. The lowest BCUT2D eigenvalue weighted by atomic mass is 10.0. The van der Waals surface area contributed by atoms with Crippen molar-refractivity contribution in [2.24, 2.45) is 0 Å². The Morgan fingerprint density at radius 1 is 1.18 bits per heavy atom. The largest absolute Gasteiger partial charge is 0.398 e. The number of nitrogens with two attached hydrogens (primary N) is 1. The molecule has 0 spiro atoms. The molecule has 0 aliphatic rings. The van der Waals surface area contributed by atoms with E-state index in [1.165, 1.54) is 12.1 Å². The van der Waals surface area contributed by atoms with Gasteiger partial charge in [0.15, 0.2) is 0 Å². The lowest BCUT2D eigenvalue weighted by Crippen LogP contribution is -1.97. The van der Waals surface area contributed by atoms with Crippen LogP contribution >= 0.6 is 27.5 Å². The first-order chi connectivity index (χ1) is 8.08. The Labute approximate surface area is 113 Å². The zero-order valence-electron chi connectivity index (χ0n) is 8.88. The van der Waals surface area contributed by atoms with Crippen LogP contribution in [0.5, 0.6) is 0 Å². The maximum Gasteiger partial charge on any atom is 0.123 e. The minimum Gasteiger partial charge on any atom is -0.398 e. The normalized spacial score (nSPS) is 10.5. The van der Waals surface area contributed by atoms with Crippen molar-refractivity contribution in [1.29, 1.82) is 0 Å². The van der Waals surface area contributed by atoms with Crippen LogP contribution in [0.25, 0.3) is 0 Å². The average molecular weight is 315 g/mol. The predicted octanol–water partition coefficient (Wildman–Crippen LogP) is 4.41. The number of hydrogen-bond donors (Lipinski definition) is 1. The van der Waals surface area contributed by atoms with Gasteiger partial charge in [-0.1, -0.05) is 23.7 Å². The van der Waals surface area contributed by atoms with E-state index in [-0.39, 0.29) is 5.82 Å². The first-order valence-electron chi connectivity index (χ1n) is 5.04. The molecule has 1 nitrogen and oxygen atoms in total. The number of halogens is 3. The van der Waals surface area contributed by atoms with Gasteiger partial charge in [0.2, 0.25) is 0 Å². The maximum absolute atomic E-state index is 13.1. The van der Waals surface area contributed by atoms with Gasteiger partial charge in [-0.2, -0.15) is 0 Å². The third-order valence-corrected chi connectivity index (χ3v) is 3.59. The topological polar surface area (TPSA) is 26.0 Å². The number of rotatable bonds is 2. The van der Waals surface area contributed by atoms with Crippen LogP contribution in [0.2, 0.25) is 5.02 Å². The van der Waals surface area contributed by atoms with E-state index in [1.807, 2.05) is 18.2 Å². The minimum absolute atomic E-state index is 0.294. The zero-order chi connectivity index (χ0) is 12.4. The number of nitrogen functional groups attached to an aromatic ring is 1. The van der Waals surface area contributed by atoms with Crippen LogP contribution in [0, 0.1) is 5.82 Å². The number of para-hydroxylation sites is 1. The van der Waals surface area contributed by atoms with Crippen molar-refractivity contribution in [2.45, 2.75) is 6.42 Å². The lowest BCUT2D eigenvalue weighted by Gasteiger charge is -2.09. The van der Waals surface area contributed by atoms with Crippen molar-refractivity contribution in [3.8, 4) is 0 Å². The summed E-state index contributed by atoms with van der Waals surface area (Å²) in [6.45, 7) is 0. The molecule has 2 N–H and O–H groups in total. The summed E-state index contributed by atoms with van der Waals surface area (Å²) < 4.78 is 14.0. The van der Waals surface area contributed by atoms with Gasteiger partial charge in [0.25, 0.3) is 0 Å². The van der Waals surface area contributed by atoms with Crippen LogP contribution in [0.4, 0.5) is 10.1 Å². The SMILES string of the molecule is Nc1c(Br)cccc1Cc1cc(F)ccc1Cl. The molecule has 0 saturated carbocycles. The van der Waals surface area contributed by atoms with Crippen LogP contribution in [0.1, 0.15) is 11.1 Å². The monoisotopic (exact) mass is 313 g/mol. The number of benzene rings is 2. The highest BCUT2D eigenvalue weighted by atomic mass is 79.9. The second-order valence-electron chi connectivity index (χ2n) is 3.73. The van der Waals surface area contributed by atoms with E-state index >= 15 is 0 Å². The Bertz CT molecular complexity index is 557. The first-order valence-corrected chi connectivity index (χ1v) is 6.22. The van der Waals surface area contributed by atoms with Gasteiger partial charge in [0.05, 0.1) is 0 Å². The zero-order valence-corrected chi connectivity index (χ0v) is 11.2. The highest BCUT2D eigenvalue weighted by Crippen LogP contribution is 2.27. The van der Waals surface area contributed by atoms with Gasteiger partial charge in [-0.3, -0.25) is 0 Å². The van der Waals surface area contributed by atoms with Crippen molar-refractivity contribution in [1.82, 2.24) is 0 Å². The Hall–Kier alpha value is -1.06. The smallest absolute Gasteiger partial charge is 0.123 e. The third-order valence-electron chi connectivity index (χ3n) is 2.53. The van der Waals surface area contributed by atoms with Crippen molar-refractivity contribution < 1.29 is 4.39 Å². The molecule has 0 aromatic heterocycles. The number of anilines is 1. The van der Waals surface area contributed by atoms with Crippen molar-refractivity contribution in [2.75, 3.05) is 5.73 Å². The summed E-state index contributed by atoms with van der Waals surface area (Å²) in [7, 11) is 0. The van der Waals surface area contributed by atoms with Crippen molar-refractivity contribution in [3.05, 3.63) is 62.8 Å². The molecule has 0 bridgehead atoms. The average Bonchev–Trinajstić information content (AvgIpc) is 2.30. The molecule has 0 atom stereocenters. The standard InChI is InChI=1S/C13H10BrClFN/c14-11-3-1-2-8(13(11)17)6-9-7-10(16)4-5-12(9)15/h1-5,7H,6,17H2. The predicted molar refractivity (Wildman–Crippen MR) is 72.8 cm³/mol. The van der Waals surface area contributed by atoms with Crippen molar-refractivity contribution >= 4 is 33.2 Å². The van der Waals surface area contributed by atoms with Crippen LogP contribution in [0.15, 0.2) is 40.9 Å². The van der Waals surface area contributed by atoms with E-state index in [0.717, 1.165) is 15.6 Å². The summed E-state index contributed by atoms with van der Waals surface area (Å²) in [4.78, 5) is 0. The molecule has 17 heavy (non-hydrogen) atoms. The van der Waals surface area contributed by atoms with E-state index in [0.29, 0.717) is 17.1 Å². The van der Waals surface area contributed by atoms with Gasteiger partial charge in [-0.15, -0.1) is 0 Å². The van der Waals surface area contributed by atoms with Gasteiger partial charge in [0, 0.05) is 21.6 Å². The fourth-order valence-electron chi connectivity index (χ4n) is 1.62. The van der Waals surface area contributed by atoms with Gasteiger partial charge in [-0.05, 0) is 51.3 Å². The molecule has 0 amide bonds. The van der Waals surface area contributed by atoms with E-state index in [9.17, 15) is 4.39 Å². The summed E-state index contributed by atoms with van der Waals surface area (Å²) in [6, 6.07) is 10.00. The van der Waals surface area contributed by atoms with Crippen LogP contribution in [0.3, 0.4) is 0 Å². The molecule has 0 heterocycles. The van der Waals surface area contributed by atoms with Crippen LogP contribution in [-0.4, -0.2) is 0 Å². The van der Waals surface area contributed by atoms with Crippen LogP contribution in [-0.2, 0) is 6.42 Å². The summed E-state index contributed by atoms with van der Waals surface area (Å²) in [5, 5.41) is 0.547. The third kappa shape index (κ3) is 2.79. The molecule has 2 rings (SSSR count). The summed E-state index contributed by atoms with van der Waals surface area (Å²) >= 11 is 9.38. The summed E-state index contributed by atoms with van der Waals surface area (Å²) in [5.41, 5.74) is 8.25.